The maximum absolute atomic E-state index is 13.3. The van der Waals surface area contributed by atoms with Gasteiger partial charge in [0, 0.05) is 45.4 Å². The second-order valence-electron chi connectivity index (χ2n) is 8.00. The Balaban J connectivity index is 1.79. The van der Waals surface area contributed by atoms with Crippen LogP contribution in [0.2, 0.25) is 5.02 Å². The highest BCUT2D eigenvalue weighted by atomic mass is 35.5. The molecule has 5 rings (SSSR count). The summed E-state index contributed by atoms with van der Waals surface area (Å²) in [6.07, 6.45) is 3.72. The van der Waals surface area contributed by atoms with Gasteiger partial charge in [0.2, 0.25) is 0 Å². The van der Waals surface area contributed by atoms with Gasteiger partial charge in [-0.05, 0) is 48.9 Å². The monoisotopic (exact) mass is 524 g/mol. The molecular formula is C25H21ClN4O3S2. The molecule has 10 heteroatoms. The highest BCUT2D eigenvalue weighted by Gasteiger charge is 2.24. The van der Waals surface area contributed by atoms with Crippen LogP contribution in [0.1, 0.15) is 5.69 Å². The van der Waals surface area contributed by atoms with Crippen LogP contribution in [0.15, 0.2) is 71.9 Å². The van der Waals surface area contributed by atoms with Crippen molar-refractivity contribution in [3.63, 3.8) is 0 Å². The molecule has 0 unspecified atom stereocenters. The van der Waals surface area contributed by atoms with Gasteiger partial charge in [-0.3, -0.25) is 9.40 Å². The minimum absolute atomic E-state index is 0.0817. The molecule has 0 aliphatic rings. The van der Waals surface area contributed by atoms with Crippen LogP contribution in [0.4, 0.5) is 5.69 Å². The molecule has 0 bridgehead atoms. The third kappa shape index (κ3) is 4.50. The molecule has 1 N–H and O–H groups in total. The van der Waals surface area contributed by atoms with E-state index in [1.165, 1.54) is 23.5 Å². The van der Waals surface area contributed by atoms with E-state index >= 15 is 0 Å². The van der Waals surface area contributed by atoms with Crippen molar-refractivity contribution in [1.29, 1.82) is 0 Å². The van der Waals surface area contributed by atoms with Crippen LogP contribution in [-0.4, -0.2) is 30.3 Å². The summed E-state index contributed by atoms with van der Waals surface area (Å²) in [6, 6.07) is 15.6. The Kier molecular flexibility index (Phi) is 6.00. The Hall–Kier alpha value is -3.40. The third-order valence-electron chi connectivity index (χ3n) is 5.47. The summed E-state index contributed by atoms with van der Waals surface area (Å²) in [7, 11) is -0.436. The highest BCUT2D eigenvalue weighted by Crippen LogP contribution is 2.47. The summed E-state index contributed by atoms with van der Waals surface area (Å²) in [5.41, 5.74) is 3.78. The lowest BCUT2D eigenvalue weighted by molar-refractivity contribution is 0.415. The van der Waals surface area contributed by atoms with Crippen LogP contribution < -0.4 is 9.46 Å². The smallest absolute Gasteiger partial charge is 0.261 e. The highest BCUT2D eigenvalue weighted by molar-refractivity contribution is 7.92. The zero-order valence-corrected chi connectivity index (χ0v) is 21.5. The van der Waals surface area contributed by atoms with Crippen molar-refractivity contribution in [2.45, 2.75) is 11.8 Å². The van der Waals surface area contributed by atoms with Gasteiger partial charge in [-0.1, -0.05) is 29.8 Å². The van der Waals surface area contributed by atoms with E-state index in [-0.39, 0.29) is 4.90 Å². The molecule has 0 spiro atoms. The van der Waals surface area contributed by atoms with Crippen molar-refractivity contribution in [3.05, 3.63) is 77.7 Å². The summed E-state index contributed by atoms with van der Waals surface area (Å²) < 4.78 is 36.6. The van der Waals surface area contributed by atoms with Crippen LogP contribution in [0, 0.1) is 6.92 Å². The zero-order valence-electron chi connectivity index (χ0n) is 19.1. The number of halogens is 1. The van der Waals surface area contributed by atoms with E-state index in [1.54, 1.807) is 36.2 Å². The fraction of sp³-hybridized carbons (Fsp3) is 0.120. The lowest BCUT2D eigenvalue weighted by Gasteiger charge is -2.13. The maximum atomic E-state index is 13.3. The average Bonchev–Trinajstić information content (AvgIpc) is 3.42. The topological polar surface area (TPSA) is 86.1 Å². The predicted octanol–water partition coefficient (Wildman–Crippen LogP) is 6.14. The van der Waals surface area contributed by atoms with E-state index in [9.17, 15) is 8.42 Å². The number of aromatic nitrogens is 3. The number of pyridine rings is 1. The maximum Gasteiger partial charge on any atom is 0.261 e. The van der Waals surface area contributed by atoms with Gasteiger partial charge in [0.05, 0.1) is 23.9 Å². The standard InChI is InChI=1S/C25H21ClN4O3S2/c1-15-10-21(29-35(31,32)20-9-5-7-18(26)12-20)23-22(16-6-4-8-19(11-16)33-3)24(34-25(23)28-15)17-13-27-30(2)14-17/h4-14H,1-3H3,(H,28,29). The van der Waals surface area contributed by atoms with Gasteiger partial charge in [0.1, 0.15) is 10.6 Å². The second kappa shape index (κ2) is 8.99. The normalized spacial score (nSPS) is 11.7. The molecular weight excluding hydrogens is 504 g/mol. The van der Waals surface area contributed by atoms with Crippen LogP contribution in [0.3, 0.4) is 0 Å². The van der Waals surface area contributed by atoms with Crippen molar-refractivity contribution in [2.75, 3.05) is 11.8 Å². The molecule has 0 saturated carbocycles. The van der Waals surface area contributed by atoms with Crippen molar-refractivity contribution in [1.82, 2.24) is 14.8 Å². The van der Waals surface area contributed by atoms with Crippen LogP contribution in [-0.2, 0) is 17.1 Å². The molecule has 2 aromatic carbocycles. The number of methoxy groups -OCH3 is 1. The summed E-state index contributed by atoms with van der Waals surface area (Å²) >= 11 is 7.55. The molecule has 0 amide bonds. The average molecular weight is 525 g/mol. The minimum Gasteiger partial charge on any atom is -0.497 e. The Morgan fingerprint density at radius 1 is 1.09 bits per heavy atom. The van der Waals surface area contributed by atoms with E-state index in [1.807, 2.05) is 44.4 Å². The first-order valence-electron chi connectivity index (χ1n) is 10.6. The predicted molar refractivity (Wildman–Crippen MR) is 141 cm³/mol. The molecule has 3 aromatic heterocycles. The summed E-state index contributed by atoms with van der Waals surface area (Å²) in [5.74, 6) is 0.695. The number of anilines is 1. The van der Waals surface area contributed by atoms with Gasteiger partial charge in [-0.2, -0.15) is 5.10 Å². The molecule has 3 heterocycles. The number of sulfonamides is 1. The Morgan fingerprint density at radius 3 is 2.60 bits per heavy atom. The lowest BCUT2D eigenvalue weighted by atomic mass is 9.99. The Morgan fingerprint density at radius 2 is 1.89 bits per heavy atom. The number of rotatable bonds is 6. The van der Waals surface area contributed by atoms with Gasteiger partial charge in [0.25, 0.3) is 10.0 Å². The van der Waals surface area contributed by atoms with Crippen molar-refractivity contribution < 1.29 is 13.2 Å². The molecule has 5 aromatic rings. The summed E-state index contributed by atoms with van der Waals surface area (Å²) in [5, 5.41) is 5.38. The Labute approximate surface area is 212 Å². The van der Waals surface area contributed by atoms with E-state index in [2.05, 4.69) is 9.82 Å². The third-order valence-corrected chi connectivity index (χ3v) is 8.20. The minimum atomic E-state index is -3.91. The molecule has 0 aliphatic carbocycles. The van der Waals surface area contributed by atoms with E-state index in [4.69, 9.17) is 21.3 Å². The number of fused-ring (bicyclic) bond motifs is 1. The van der Waals surface area contributed by atoms with Gasteiger partial charge < -0.3 is 4.74 Å². The molecule has 178 valence electrons. The second-order valence-corrected chi connectivity index (χ2v) is 11.1. The fourth-order valence-corrected chi connectivity index (χ4v) is 6.54. The zero-order chi connectivity index (χ0) is 24.7. The number of hydrogen-bond acceptors (Lipinski definition) is 6. The summed E-state index contributed by atoms with van der Waals surface area (Å²) in [6.45, 7) is 1.84. The van der Waals surface area contributed by atoms with Crippen molar-refractivity contribution in [3.8, 4) is 27.3 Å². The molecule has 7 nitrogen and oxygen atoms in total. The molecule has 0 fully saturated rings. The van der Waals surface area contributed by atoms with Gasteiger partial charge in [0.15, 0.2) is 0 Å². The first-order chi connectivity index (χ1) is 16.7. The van der Waals surface area contributed by atoms with E-state index in [0.717, 1.165) is 21.6 Å². The van der Waals surface area contributed by atoms with Crippen molar-refractivity contribution >= 4 is 48.9 Å². The SMILES string of the molecule is COc1cccc(-c2c(-c3cnn(C)c3)sc3nc(C)cc(NS(=O)(=O)c4cccc(Cl)c4)c23)c1. The fourth-order valence-electron chi connectivity index (χ4n) is 3.94. The van der Waals surface area contributed by atoms with Gasteiger partial charge in [-0.25, -0.2) is 13.4 Å². The number of nitrogens with one attached hydrogen (secondary N) is 1. The number of aryl methyl sites for hydroxylation is 2. The van der Waals surface area contributed by atoms with Crippen molar-refractivity contribution in [2.24, 2.45) is 7.05 Å². The van der Waals surface area contributed by atoms with E-state index < -0.39 is 10.0 Å². The number of thiophene rings is 1. The van der Waals surface area contributed by atoms with Gasteiger partial charge in [-0.15, -0.1) is 11.3 Å². The van der Waals surface area contributed by atoms with Crippen LogP contribution in [0.25, 0.3) is 31.8 Å². The van der Waals surface area contributed by atoms with Crippen LogP contribution in [0.5, 0.6) is 5.75 Å². The molecule has 0 radical (unpaired) electrons. The largest absolute Gasteiger partial charge is 0.497 e. The molecule has 35 heavy (non-hydrogen) atoms. The Bertz CT molecular complexity index is 1680. The van der Waals surface area contributed by atoms with Crippen LogP contribution >= 0.6 is 22.9 Å². The molecule has 0 saturated heterocycles. The molecule has 0 atom stereocenters. The van der Waals surface area contributed by atoms with Gasteiger partial charge >= 0.3 is 0 Å². The number of nitrogens with zero attached hydrogens (tertiary/aromatic N) is 3. The molecule has 0 aliphatic heterocycles. The first-order valence-corrected chi connectivity index (χ1v) is 13.3. The summed E-state index contributed by atoms with van der Waals surface area (Å²) in [4.78, 5) is 6.47. The first kappa shape index (κ1) is 23.3. The number of hydrogen-bond donors (Lipinski definition) is 1. The quantitative estimate of drug-likeness (QED) is 0.288. The van der Waals surface area contributed by atoms with E-state index in [0.29, 0.717) is 32.4 Å². The lowest BCUT2D eigenvalue weighted by Crippen LogP contribution is -2.13. The number of benzene rings is 2. The number of ether oxygens (including phenoxy) is 1.